The first-order valence-electron chi connectivity index (χ1n) is 8.20. The van der Waals surface area contributed by atoms with Crippen molar-refractivity contribution in [2.24, 2.45) is 0 Å². The fourth-order valence-corrected chi connectivity index (χ4v) is 3.00. The van der Waals surface area contributed by atoms with Crippen LogP contribution in [0, 0.1) is 5.82 Å². The molecule has 1 heterocycles. The quantitative estimate of drug-likeness (QED) is 0.789. The van der Waals surface area contributed by atoms with E-state index in [1.54, 1.807) is 12.1 Å². The summed E-state index contributed by atoms with van der Waals surface area (Å²) in [7, 11) is 0. The number of thiol groups is 1. The van der Waals surface area contributed by atoms with E-state index < -0.39 is 18.0 Å². The highest BCUT2D eigenvalue weighted by Crippen LogP contribution is 2.29. The monoisotopic (exact) mass is 374 g/mol. The van der Waals surface area contributed by atoms with E-state index in [1.165, 1.54) is 17.9 Å². The molecule has 26 heavy (non-hydrogen) atoms. The molecule has 2 aromatic rings. The van der Waals surface area contributed by atoms with E-state index in [4.69, 9.17) is 4.74 Å². The van der Waals surface area contributed by atoms with Gasteiger partial charge in [-0.05, 0) is 29.3 Å². The van der Waals surface area contributed by atoms with E-state index in [0.717, 1.165) is 11.1 Å². The summed E-state index contributed by atoms with van der Waals surface area (Å²) in [4.78, 5) is 24.4. The highest BCUT2D eigenvalue weighted by atomic mass is 32.1. The minimum absolute atomic E-state index is 0.196. The third-order valence-electron chi connectivity index (χ3n) is 4.16. The zero-order valence-electron chi connectivity index (χ0n) is 14.2. The largest absolute Gasteiger partial charge is 0.442 e. The van der Waals surface area contributed by atoms with Crippen molar-refractivity contribution >= 4 is 30.3 Å². The molecule has 0 spiro atoms. The van der Waals surface area contributed by atoms with Crippen LogP contribution in [-0.4, -0.2) is 31.2 Å². The molecule has 1 saturated heterocycles. The van der Waals surface area contributed by atoms with Crippen molar-refractivity contribution < 1.29 is 18.7 Å². The number of carbonyl (C=O) groups excluding carboxylic acids is 2. The van der Waals surface area contributed by atoms with Gasteiger partial charge in [-0.25, -0.2) is 9.18 Å². The number of halogens is 1. The Hall–Kier alpha value is -2.54. The molecular formula is C19H19FN2O3S. The van der Waals surface area contributed by atoms with Gasteiger partial charge in [0.2, 0.25) is 5.91 Å². The highest BCUT2D eigenvalue weighted by Gasteiger charge is 2.32. The molecule has 0 aromatic heterocycles. The lowest BCUT2D eigenvalue weighted by atomic mass is 10.0. The molecular weight excluding hydrogens is 355 g/mol. The summed E-state index contributed by atoms with van der Waals surface area (Å²) in [6, 6.07) is 12.2. The fourth-order valence-electron chi connectivity index (χ4n) is 2.79. The van der Waals surface area contributed by atoms with Crippen molar-refractivity contribution in [2.45, 2.75) is 18.8 Å². The summed E-state index contributed by atoms with van der Waals surface area (Å²) in [5, 5.41) is 2.61. The van der Waals surface area contributed by atoms with Gasteiger partial charge in [0.25, 0.3) is 0 Å². The molecule has 0 aliphatic carbocycles. The van der Waals surface area contributed by atoms with Gasteiger partial charge in [0, 0.05) is 18.2 Å². The van der Waals surface area contributed by atoms with E-state index in [2.05, 4.69) is 17.9 Å². The van der Waals surface area contributed by atoms with Gasteiger partial charge < -0.3 is 10.1 Å². The average molecular weight is 374 g/mol. The van der Waals surface area contributed by atoms with Crippen LogP contribution in [-0.2, 0) is 15.3 Å². The maximum Gasteiger partial charge on any atom is 0.414 e. The van der Waals surface area contributed by atoms with Gasteiger partial charge in [-0.3, -0.25) is 9.69 Å². The van der Waals surface area contributed by atoms with Crippen molar-refractivity contribution in [3.63, 3.8) is 0 Å². The molecule has 2 amide bonds. The molecule has 1 aliphatic heterocycles. The summed E-state index contributed by atoms with van der Waals surface area (Å²) < 4.78 is 19.8. The Kier molecular flexibility index (Phi) is 5.46. The lowest BCUT2D eigenvalue weighted by molar-refractivity contribution is -0.119. The van der Waals surface area contributed by atoms with Gasteiger partial charge in [-0.15, -0.1) is 0 Å². The SMILES string of the molecule is CC(=O)NCC1CN(c2ccc(-c3ccc(CS)cc3)c(F)c2)C(=O)O1. The third kappa shape index (κ3) is 3.99. The number of anilines is 1. The number of hydrogen-bond acceptors (Lipinski definition) is 4. The molecule has 7 heteroatoms. The Morgan fingerprint density at radius 1 is 1.31 bits per heavy atom. The van der Waals surface area contributed by atoms with Crippen molar-refractivity contribution in [3.05, 3.63) is 53.8 Å². The predicted octanol–water partition coefficient (Wildman–Crippen LogP) is 3.38. The van der Waals surface area contributed by atoms with Crippen LogP contribution >= 0.6 is 12.6 Å². The Morgan fingerprint density at radius 2 is 2.04 bits per heavy atom. The van der Waals surface area contributed by atoms with Crippen LogP contribution in [0.1, 0.15) is 12.5 Å². The number of rotatable bonds is 5. The molecule has 136 valence electrons. The van der Waals surface area contributed by atoms with Crippen LogP contribution < -0.4 is 10.2 Å². The van der Waals surface area contributed by atoms with Gasteiger partial charge in [-0.1, -0.05) is 24.3 Å². The second kappa shape index (κ2) is 7.78. The Morgan fingerprint density at radius 3 is 2.65 bits per heavy atom. The number of benzene rings is 2. The topological polar surface area (TPSA) is 58.6 Å². The molecule has 1 unspecified atom stereocenters. The van der Waals surface area contributed by atoms with E-state index in [-0.39, 0.29) is 19.0 Å². The van der Waals surface area contributed by atoms with Gasteiger partial charge in [0.15, 0.2) is 0 Å². The Bertz CT molecular complexity index is 826. The zero-order chi connectivity index (χ0) is 18.7. The maximum absolute atomic E-state index is 14.6. The van der Waals surface area contributed by atoms with Crippen LogP contribution in [0.4, 0.5) is 14.9 Å². The third-order valence-corrected chi connectivity index (χ3v) is 4.53. The van der Waals surface area contributed by atoms with Crippen LogP contribution in [0.2, 0.25) is 0 Å². The first-order valence-corrected chi connectivity index (χ1v) is 8.83. The van der Waals surface area contributed by atoms with Crippen molar-refractivity contribution in [1.82, 2.24) is 5.32 Å². The maximum atomic E-state index is 14.6. The highest BCUT2D eigenvalue weighted by molar-refractivity contribution is 7.79. The molecule has 3 rings (SSSR count). The Labute approximate surface area is 156 Å². The fraction of sp³-hybridized carbons (Fsp3) is 0.263. The van der Waals surface area contributed by atoms with Gasteiger partial charge in [-0.2, -0.15) is 12.6 Å². The van der Waals surface area contributed by atoms with E-state index in [1.807, 2.05) is 24.3 Å². The normalized spacial score (nSPS) is 16.5. The van der Waals surface area contributed by atoms with Crippen LogP contribution in [0.25, 0.3) is 11.1 Å². The number of amides is 2. The summed E-state index contributed by atoms with van der Waals surface area (Å²) in [5.74, 6) is 0.0105. The first-order chi connectivity index (χ1) is 12.5. The van der Waals surface area contributed by atoms with Gasteiger partial charge in [0.1, 0.15) is 11.9 Å². The summed E-state index contributed by atoms with van der Waals surface area (Å²) in [5.41, 5.74) is 2.70. The number of nitrogens with zero attached hydrogens (tertiary/aromatic N) is 1. The van der Waals surface area contributed by atoms with Crippen LogP contribution in [0.5, 0.6) is 0 Å². The van der Waals surface area contributed by atoms with Crippen molar-refractivity contribution in [3.8, 4) is 11.1 Å². The van der Waals surface area contributed by atoms with E-state index in [9.17, 15) is 14.0 Å². The summed E-state index contributed by atoms with van der Waals surface area (Å²) >= 11 is 4.21. The lowest BCUT2D eigenvalue weighted by Gasteiger charge is -2.14. The molecule has 0 bridgehead atoms. The van der Waals surface area contributed by atoms with Crippen LogP contribution in [0.15, 0.2) is 42.5 Å². The van der Waals surface area contributed by atoms with Crippen molar-refractivity contribution in [2.75, 3.05) is 18.0 Å². The summed E-state index contributed by atoms with van der Waals surface area (Å²) in [6.45, 7) is 1.88. The van der Waals surface area contributed by atoms with E-state index >= 15 is 0 Å². The average Bonchev–Trinajstić information content (AvgIpc) is 3.01. The number of carbonyl (C=O) groups is 2. The second-order valence-electron chi connectivity index (χ2n) is 6.07. The standard InChI is InChI=1S/C19H19FN2O3S/c1-12(23)21-9-16-10-22(19(24)25-16)15-6-7-17(18(20)8-15)14-4-2-13(11-26)3-5-14/h2-8,16,26H,9-11H2,1H3,(H,21,23). The Balaban J connectivity index is 1.76. The molecule has 1 aliphatic rings. The number of cyclic esters (lactones) is 1. The zero-order valence-corrected chi connectivity index (χ0v) is 15.1. The second-order valence-corrected chi connectivity index (χ2v) is 6.39. The molecule has 0 saturated carbocycles. The smallest absolute Gasteiger partial charge is 0.414 e. The lowest BCUT2D eigenvalue weighted by Crippen LogP contribution is -2.33. The van der Waals surface area contributed by atoms with E-state index in [0.29, 0.717) is 17.0 Å². The van der Waals surface area contributed by atoms with Gasteiger partial charge in [0.05, 0.1) is 18.8 Å². The minimum atomic E-state index is -0.550. The molecule has 1 fully saturated rings. The van der Waals surface area contributed by atoms with Crippen molar-refractivity contribution in [1.29, 1.82) is 0 Å². The molecule has 5 nitrogen and oxygen atoms in total. The number of hydrogen-bond donors (Lipinski definition) is 2. The first kappa shape index (κ1) is 18.3. The number of ether oxygens (including phenoxy) is 1. The molecule has 2 aromatic carbocycles. The predicted molar refractivity (Wildman–Crippen MR) is 101 cm³/mol. The molecule has 0 radical (unpaired) electrons. The number of nitrogens with one attached hydrogen (secondary N) is 1. The summed E-state index contributed by atoms with van der Waals surface area (Å²) in [6.07, 6.45) is -1.01. The molecule has 1 N–H and O–H groups in total. The minimum Gasteiger partial charge on any atom is -0.442 e. The van der Waals surface area contributed by atoms with Gasteiger partial charge >= 0.3 is 6.09 Å². The molecule has 1 atom stereocenters. The van der Waals surface area contributed by atoms with Crippen LogP contribution in [0.3, 0.4) is 0 Å².